The Morgan fingerprint density at radius 1 is 1.15 bits per heavy atom. The minimum Gasteiger partial charge on any atom is -0.487 e. The smallest absolute Gasteiger partial charge is 0.140 e. The van der Waals surface area contributed by atoms with E-state index >= 15 is 0 Å². The number of hydrogen-bond acceptors (Lipinski definition) is 3. The molecule has 1 aromatic carbocycles. The van der Waals surface area contributed by atoms with Gasteiger partial charge in [-0.25, -0.2) is 0 Å². The van der Waals surface area contributed by atoms with Crippen molar-refractivity contribution in [2.75, 3.05) is 0 Å². The van der Waals surface area contributed by atoms with Gasteiger partial charge >= 0.3 is 0 Å². The van der Waals surface area contributed by atoms with E-state index < -0.39 is 0 Å². The molecule has 0 radical (unpaired) electrons. The van der Waals surface area contributed by atoms with Crippen molar-refractivity contribution in [1.82, 2.24) is 0 Å². The molecule has 20 heavy (non-hydrogen) atoms. The van der Waals surface area contributed by atoms with E-state index in [2.05, 4.69) is 26.0 Å². The highest BCUT2D eigenvalue weighted by Crippen LogP contribution is 2.41. The van der Waals surface area contributed by atoms with Gasteiger partial charge < -0.3 is 4.74 Å². The van der Waals surface area contributed by atoms with E-state index in [1.165, 1.54) is 5.56 Å². The number of carbonyl (C=O) groups is 2. The van der Waals surface area contributed by atoms with Gasteiger partial charge in [-0.1, -0.05) is 12.1 Å². The normalized spacial score (nSPS) is 21.8. The summed E-state index contributed by atoms with van der Waals surface area (Å²) in [7, 11) is 0. The predicted octanol–water partition coefficient (Wildman–Crippen LogP) is 3.11. The first-order valence-corrected chi connectivity index (χ1v) is 7.20. The third-order valence-electron chi connectivity index (χ3n) is 4.18. The third kappa shape index (κ3) is 2.37. The fraction of sp³-hybridized carbons (Fsp3) is 0.529. The van der Waals surface area contributed by atoms with E-state index in [0.29, 0.717) is 12.8 Å². The number of Topliss-reactive ketones (excluding diaryl/α,β-unsaturated/α-hetero) is 2. The molecule has 1 fully saturated rings. The minimum absolute atomic E-state index is 0.0523. The minimum atomic E-state index is -0.163. The third-order valence-corrected chi connectivity index (χ3v) is 4.18. The van der Waals surface area contributed by atoms with Crippen LogP contribution in [0.3, 0.4) is 0 Å². The Kier molecular flexibility index (Phi) is 2.96. The molecule has 3 rings (SSSR count). The van der Waals surface area contributed by atoms with Crippen molar-refractivity contribution in [3.63, 3.8) is 0 Å². The van der Waals surface area contributed by atoms with Crippen molar-refractivity contribution in [2.24, 2.45) is 0 Å². The van der Waals surface area contributed by atoms with Crippen LogP contribution in [0.15, 0.2) is 12.1 Å². The zero-order valence-corrected chi connectivity index (χ0v) is 12.3. The molecule has 1 heterocycles. The summed E-state index contributed by atoms with van der Waals surface area (Å²) in [6.45, 7) is 6.20. The van der Waals surface area contributed by atoms with Crippen molar-refractivity contribution in [1.29, 1.82) is 0 Å². The zero-order chi connectivity index (χ0) is 14.5. The quantitative estimate of drug-likeness (QED) is 0.738. The molecule has 0 N–H and O–H groups in total. The van der Waals surface area contributed by atoms with Crippen LogP contribution in [0.1, 0.15) is 55.7 Å². The molecule has 0 atom stereocenters. The molecule has 0 saturated heterocycles. The SMILES string of the molecule is Cc1cc(C2CC(=O)CC(=O)C2)cc2c1OC(C)(C)C2. The first-order chi connectivity index (χ1) is 9.34. The average Bonchev–Trinajstić information content (AvgIpc) is 2.62. The molecule has 2 aliphatic rings. The van der Waals surface area contributed by atoms with Crippen molar-refractivity contribution in [3.05, 3.63) is 28.8 Å². The summed E-state index contributed by atoms with van der Waals surface area (Å²) in [5.74, 6) is 1.17. The summed E-state index contributed by atoms with van der Waals surface area (Å²) in [5, 5.41) is 0. The van der Waals surface area contributed by atoms with Crippen LogP contribution < -0.4 is 4.74 Å². The standard InChI is InChI=1S/C17H20O3/c1-10-4-11(12-6-14(18)8-15(19)7-12)5-13-9-17(2,3)20-16(10)13/h4-5,12H,6-9H2,1-3H3. The Balaban J connectivity index is 1.95. The molecule has 1 aromatic rings. The molecule has 0 spiro atoms. The number of rotatable bonds is 1. The topological polar surface area (TPSA) is 43.4 Å². The highest BCUT2D eigenvalue weighted by atomic mass is 16.5. The highest BCUT2D eigenvalue weighted by molar-refractivity contribution is 6.02. The van der Waals surface area contributed by atoms with E-state index in [4.69, 9.17) is 4.74 Å². The van der Waals surface area contributed by atoms with Gasteiger partial charge in [-0.2, -0.15) is 0 Å². The Morgan fingerprint density at radius 3 is 2.45 bits per heavy atom. The number of aryl methyl sites for hydroxylation is 1. The summed E-state index contributed by atoms with van der Waals surface area (Å²) in [4.78, 5) is 23.3. The molecular weight excluding hydrogens is 252 g/mol. The Bertz CT molecular complexity index is 582. The second-order valence-corrected chi connectivity index (χ2v) is 6.72. The van der Waals surface area contributed by atoms with Gasteiger partial charge in [-0.15, -0.1) is 0 Å². The number of ether oxygens (including phenoxy) is 1. The number of fused-ring (bicyclic) bond motifs is 1. The van der Waals surface area contributed by atoms with Crippen LogP contribution in [0, 0.1) is 6.92 Å². The molecule has 0 bridgehead atoms. The van der Waals surface area contributed by atoms with Crippen LogP contribution in [0.2, 0.25) is 0 Å². The average molecular weight is 272 g/mol. The molecule has 1 saturated carbocycles. The molecule has 0 unspecified atom stereocenters. The van der Waals surface area contributed by atoms with Crippen LogP contribution in [-0.2, 0) is 16.0 Å². The zero-order valence-electron chi connectivity index (χ0n) is 12.3. The summed E-state index contributed by atoms with van der Waals surface area (Å²) < 4.78 is 5.98. The highest BCUT2D eigenvalue weighted by Gasteiger charge is 2.33. The molecule has 0 aromatic heterocycles. The van der Waals surface area contributed by atoms with Gasteiger partial charge in [0.2, 0.25) is 0 Å². The Labute approximate surface area is 119 Å². The Morgan fingerprint density at radius 2 is 1.80 bits per heavy atom. The van der Waals surface area contributed by atoms with Gasteiger partial charge in [0.1, 0.15) is 22.9 Å². The Hall–Kier alpha value is -1.64. The summed E-state index contributed by atoms with van der Waals surface area (Å²) >= 11 is 0. The maximum atomic E-state index is 11.6. The number of carbonyl (C=O) groups excluding carboxylic acids is 2. The van der Waals surface area contributed by atoms with Gasteiger partial charge in [0.15, 0.2) is 0 Å². The van der Waals surface area contributed by atoms with Crippen LogP contribution in [-0.4, -0.2) is 17.2 Å². The largest absolute Gasteiger partial charge is 0.487 e. The second-order valence-electron chi connectivity index (χ2n) is 6.72. The molecule has 3 nitrogen and oxygen atoms in total. The molecule has 1 aliphatic carbocycles. The van der Waals surface area contributed by atoms with E-state index in [0.717, 1.165) is 23.3 Å². The lowest BCUT2D eigenvalue weighted by molar-refractivity contribution is -0.130. The molecular formula is C17H20O3. The number of benzene rings is 1. The second kappa shape index (κ2) is 4.44. The fourth-order valence-corrected chi connectivity index (χ4v) is 3.38. The van der Waals surface area contributed by atoms with Crippen molar-refractivity contribution < 1.29 is 14.3 Å². The van der Waals surface area contributed by atoms with Crippen LogP contribution >= 0.6 is 0 Å². The summed E-state index contributed by atoms with van der Waals surface area (Å²) in [6, 6.07) is 4.21. The van der Waals surface area contributed by atoms with E-state index in [9.17, 15) is 9.59 Å². The van der Waals surface area contributed by atoms with Gasteiger partial charge in [-0.05, 0) is 43.4 Å². The van der Waals surface area contributed by atoms with E-state index in [-0.39, 0.29) is 29.5 Å². The first kappa shape index (κ1) is 13.3. The lowest BCUT2D eigenvalue weighted by atomic mass is 9.81. The molecule has 3 heteroatoms. The van der Waals surface area contributed by atoms with Crippen LogP contribution in [0.4, 0.5) is 0 Å². The maximum Gasteiger partial charge on any atom is 0.140 e. The molecule has 1 aliphatic heterocycles. The lowest BCUT2D eigenvalue weighted by Crippen LogP contribution is -2.24. The number of hydrogen-bond donors (Lipinski definition) is 0. The van der Waals surface area contributed by atoms with E-state index in [1.54, 1.807) is 0 Å². The maximum absolute atomic E-state index is 11.6. The van der Waals surface area contributed by atoms with Gasteiger partial charge in [0, 0.05) is 19.3 Å². The van der Waals surface area contributed by atoms with Gasteiger partial charge in [0.05, 0.1) is 6.42 Å². The van der Waals surface area contributed by atoms with Crippen LogP contribution in [0.25, 0.3) is 0 Å². The van der Waals surface area contributed by atoms with Gasteiger partial charge in [-0.3, -0.25) is 9.59 Å². The number of ketones is 2. The van der Waals surface area contributed by atoms with Crippen molar-refractivity contribution >= 4 is 11.6 Å². The monoisotopic (exact) mass is 272 g/mol. The lowest BCUT2D eigenvalue weighted by Gasteiger charge is -2.21. The van der Waals surface area contributed by atoms with Crippen molar-refractivity contribution in [3.8, 4) is 5.75 Å². The molecule has 106 valence electrons. The summed E-state index contributed by atoms with van der Waals surface area (Å²) in [6.07, 6.45) is 1.99. The summed E-state index contributed by atoms with van der Waals surface area (Å²) in [5.41, 5.74) is 3.26. The van der Waals surface area contributed by atoms with Gasteiger partial charge in [0.25, 0.3) is 0 Å². The van der Waals surface area contributed by atoms with E-state index in [1.807, 2.05) is 6.92 Å². The molecule has 0 amide bonds. The first-order valence-electron chi connectivity index (χ1n) is 7.20. The predicted molar refractivity (Wildman–Crippen MR) is 76.2 cm³/mol. The van der Waals surface area contributed by atoms with Crippen molar-refractivity contribution in [2.45, 2.75) is 58.0 Å². The fourth-order valence-electron chi connectivity index (χ4n) is 3.38. The van der Waals surface area contributed by atoms with Crippen LogP contribution in [0.5, 0.6) is 5.75 Å².